The first-order chi connectivity index (χ1) is 12.5. The SMILES string of the molecule is CC(C)Nc1nc(C#N)cc2cnc(NC3CCCN(C(=O)O)C3)cc12. The molecule has 0 saturated carbocycles. The average Bonchev–Trinajstić information content (AvgIpc) is 2.61. The summed E-state index contributed by atoms with van der Waals surface area (Å²) in [5.41, 5.74) is 0.340. The minimum atomic E-state index is -0.889. The van der Waals surface area contributed by atoms with E-state index in [1.54, 1.807) is 12.3 Å². The summed E-state index contributed by atoms with van der Waals surface area (Å²) in [4.78, 5) is 21.4. The van der Waals surface area contributed by atoms with E-state index in [0.29, 0.717) is 30.4 Å². The van der Waals surface area contributed by atoms with Gasteiger partial charge in [0, 0.05) is 42.1 Å². The van der Waals surface area contributed by atoms with Gasteiger partial charge in [0.1, 0.15) is 23.4 Å². The van der Waals surface area contributed by atoms with Gasteiger partial charge in [0.15, 0.2) is 0 Å². The van der Waals surface area contributed by atoms with Crippen molar-refractivity contribution in [2.75, 3.05) is 23.7 Å². The van der Waals surface area contributed by atoms with Gasteiger partial charge in [-0.05, 0) is 38.8 Å². The lowest BCUT2D eigenvalue weighted by Gasteiger charge is -2.31. The van der Waals surface area contributed by atoms with Crippen LogP contribution in [0.5, 0.6) is 0 Å². The maximum atomic E-state index is 11.2. The Kier molecular flexibility index (Phi) is 5.07. The van der Waals surface area contributed by atoms with Gasteiger partial charge in [-0.1, -0.05) is 0 Å². The van der Waals surface area contributed by atoms with Gasteiger partial charge in [-0.2, -0.15) is 5.26 Å². The highest BCUT2D eigenvalue weighted by molar-refractivity contribution is 5.93. The van der Waals surface area contributed by atoms with E-state index in [4.69, 9.17) is 0 Å². The number of nitrogens with one attached hydrogen (secondary N) is 2. The number of carbonyl (C=O) groups is 1. The van der Waals surface area contributed by atoms with Crippen molar-refractivity contribution in [3.8, 4) is 6.07 Å². The van der Waals surface area contributed by atoms with E-state index in [-0.39, 0.29) is 12.1 Å². The molecule has 1 fully saturated rings. The zero-order chi connectivity index (χ0) is 18.7. The maximum Gasteiger partial charge on any atom is 0.407 e. The molecule has 0 bridgehead atoms. The summed E-state index contributed by atoms with van der Waals surface area (Å²) in [7, 11) is 0. The van der Waals surface area contributed by atoms with Gasteiger partial charge in [0.2, 0.25) is 0 Å². The van der Waals surface area contributed by atoms with Crippen LogP contribution >= 0.6 is 0 Å². The molecule has 1 amide bonds. The highest BCUT2D eigenvalue weighted by Gasteiger charge is 2.23. The smallest absolute Gasteiger partial charge is 0.407 e. The number of anilines is 2. The molecule has 0 aliphatic carbocycles. The summed E-state index contributed by atoms with van der Waals surface area (Å²) < 4.78 is 0. The topological polar surface area (TPSA) is 114 Å². The third kappa shape index (κ3) is 3.94. The number of rotatable bonds is 4. The Labute approximate surface area is 151 Å². The second kappa shape index (κ2) is 7.44. The minimum absolute atomic E-state index is 0.0256. The summed E-state index contributed by atoms with van der Waals surface area (Å²) >= 11 is 0. The Morgan fingerprint density at radius 2 is 2.27 bits per heavy atom. The van der Waals surface area contributed by atoms with E-state index in [1.807, 2.05) is 19.9 Å². The maximum absolute atomic E-state index is 11.2. The minimum Gasteiger partial charge on any atom is -0.465 e. The van der Waals surface area contributed by atoms with Crippen molar-refractivity contribution in [3.63, 3.8) is 0 Å². The number of piperidine rings is 1. The summed E-state index contributed by atoms with van der Waals surface area (Å²) in [5.74, 6) is 1.32. The fourth-order valence-electron chi connectivity index (χ4n) is 3.14. The highest BCUT2D eigenvalue weighted by Crippen LogP contribution is 2.26. The highest BCUT2D eigenvalue weighted by atomic mass is 16.4. The van der Waals surface area contributed by atoms with Crippen molar-refractivity contribution < 1.29 is 9.90 Å². The summed E-state index contributed by atoms with van der Waals surface area (Å²) in [5, 5.41) is 26.7. The first-order valence-electron chi connectivity index (χ1n) is 8.68. The number of nitriles is 1. The second-order valence-electron chi connectivity index (χ2n) is 6.77. The van der Waals surface area contributed by atoms with Crippen molar-refractivity contribution in [1.29, 1.82) is 5.26 Å². The lowest BCUT2D eigenvalue weighted by molar-refractivity contribution is 0.133. The molecule has 8 nitrogen and oxygen atoms in total. The molecule has 0 spiro atoms. The molecule has 2 aromatic heterocycles. The van der Waals surface area contributed by atoms with Crippen LogP contribution in [-0.4, -0.2) is 51.2 Å². The predicted molar refractivity (Wildman–Crippen MR) is 99.3 cm³/mol. The summed E-state index contributed by atoms with van der Waals surface area (Å²) in [6.45, 7) is 5.03. The standard InChI is InChI=1S/C18H22N6O2/c1-11(2)21-17-15-7-16(20-9-12(15)6-14(8-19)23-17)22-13-4-3-5-24(10-13)18(25)26/h6-7,9,11,13H,3-5,10H2,1-2H3,(H,20,22)(H,21,23)(H,25,26). The van der Waals surface area contributed by atoms with E-state index < -0.39 is 6.09 Å². The molecule has 1 saturated heterocycles. The van der Waals surface area contributed by atoms with Crippen molar-refractivity contribution in [1.82, 2.24) is 14.9 Å². The Hall–Kier alpha value is -3.08. The van der Waals surface area contributed by atoms with E-state index in [9.17, 15) is 15.2 Å². The number of nitrogens with zero attached hydrogens (tertiary/aromatic N) is 4. The van der Waals surface area contributed by atoms with Crippen molar-refractivity contribution >= 4 is 28.5 Å². The van der Waals surface area contributed by atoms with Crippen LogP contribution in [0.3, 0.4) is 0 Å². The number of hydrogen-bond acceptors (Lipinski definition) is 6. The molecule has 1 atom stereocenters. The predicted octanol–water partition coefficient (Wildman–Crippen LogP) is 2.88. The number of amides is 1. The van der Waals surface area contributed by atoms with E-state index in [1.165, 1.54) is 4.90 Å². The van der Waals surface area contributed by atoms with Crippen molar-refractivity contribution in [2.45, 2.75) is 38.8 Å². The van der Waals surface area contributed by atoms with Gasteiger partial charge in [-0.25, -0.2) is 14.8 Å². The lowest BCUT2D eigenvalue weighted by atomic mass is 10.1. The second-order valence-corrected chi connectivity index (χ2v) is 6.77. The normalized spacial score (nSPS) is 17.2. The van der Waals surface area contributed by atoms with E-state index in [0.717, 1.165) is 23.6 Å². The van der Waals surface area contributed by atoms with Crippen LogP contribution in [0, 0.1) is 11.3 Å². The molecular weight excluding hydrogens is 332 g/mol. The first-order valence-corrected chi connectivity index (χ1v) is 8.68. The fraction of sp³-hybridized carbons (Fsp3) is 0.444. The summed E-state index contributed by atoms with van der Waals surface area (Å²) in [6.07, 6.45) is 2.54. The van der Waals surface area contributed by atoms with Crippen LogP contribution in [-0.2, 0) is 0 Å². The van der Waals surface area contributed by atoms with Gasteiger partial charge in [0.25, 0.3) is 0 Å². The first kappa shape index (κ1) is 17.7. The number of aromatic nitrogens is 2. The van der Waals surface area contributed by atoms with Crippen LogP contribution in [0.15, 0.2) is 18.3 Å². The Bertz CT molecular complexity index is 861. The third-order valence-corrected chi connectivity index (χ3v) is 4.30. The van der Waals surface area contributed by atoms with Gasteiger partial charge in [0.05, 0.1) is 0 Å². The Morgan fingerprint density at radius 3 is 2.96 bits per heavy atom. The molecule has 1 aliphatic rings. The fourth-order valence-corrected chi connectivity index (χ4v) is 3.14. The molecule has 26 heavy (non-hydrogen) atoms. The number of fused-ring (bicyclic) bond motifs is 1. The zero-order valence-corrected chi connectivity index (χ0v) is 14.9. The van der Waals surface area contributed by atoms with E-state index in [2.05, 4.69) is 26.7 Å². The van der Waals surface area contributed by atoms with Crippen LogP contribution < -0.4 is 10.6 Å². The van der Waals surface area contributed by atoms with Crippen LogP contribution in [0.1, 0.15) is 32.4 Å². The zero-order valence-electron chi connectivity index (χ0n) is 14.9. The molecular formula is C18H22N6O2. The molecule has 0 aromatic carbocycles. The van der Waals surface area contributed by atoms with Gasteiger partial charge >= 0.3 is 6.09 Å². The van der Waals surface area contributed by atoms with Crippen LogP contribution in [0.2, 0.25) is 0 Å². The largest absolute Gasteiger partial charge is 0.465 e. The molecule has 1 unspecified atom stereocenters. The summed E-state index contributed by atoms with van der Waals surface area (Å²) in [6, 6.07) is 5.88. The van der Waals surface area contributed by atoms with Gasteiger partial charge < -0.3 is 20.6 Å². The third-order valence-electron chi connectivity index (χ3n) is 4.30. The molecule has 136 valence electrons. The lowest BCUT2D eigenvalue weighted by Crippen LogP contribution is -2.44. The van der Waals surface area contributed by atoms with Crippen molar-refractivity contribution in [3.05, 3.63) is 24.0 Å². The number of carboxylic acid groups (broad SMARTS) is 1. The molecule has 0 radical (unpaired) electrons. The quantitative estimate of drug-likeness (QED) is 0.773. The van der Waals surface area contributed by atoms with Crippen LogP contribution in [0.4, 0.5) is 16.4 Å². The monoisotopic (exact) mass is 354 g/mol. The van der Waals surface area contributed by atoms with Crippen LogP contribution in [0.25, 0.3) is 10.8 Å². The number of likely N-dealkylation sites (tertiary alicyclic amines) is 1. The van der Waals surface area contributed by atoms with Gasteiger partial charge in [-0.3, -0.25) is 0 Å². The Morgan fingerprint density at radius 1 is 1.46 bits per heavy atom. The molecule has 8 heteroatoms. The molecule has 3 heterocycles. The molecule has 1 aliphatic heterocycles. The Balaban J connectivity index is 1.88. The van der Waals surface area contributed by atoms with Crippen molar-refractivity contribution in [2.24, 2.45) is 0 Å². The molecule has 2 aromatic rings. The average molecular weight is 354 g/mol. The number of pyridine rings is 2. The van der Waals surface area contributed by atoms with Gasteiger partial charge in [-0.15, -0.1) is 0 Å². The molecule has 3 rings (SSSR count). The van der Waals surface area contributed by atoms with E-state index >= 15 is 0 Å². The number of hydrogen-bond donors (Lipinski definition) is 3. The molecule has 3 N–H and O–H groups in total.